The molecular weight excluding hydrogens is 230 g/mol. The van der Waals surface area contributed by atoms with E-state index >= 15 is 0 Å². The number of carbonyl (C=O) groups excluding carboxylic acids is 1. The third kappa shape index (κ3) is 3.01. The molecule has 0 spiro atoms. The van der Waals surface area contributed by atoms with Gasteiger partial charge in [-0.2, -0.15) is 5.10 Å². The summed E-state index contributed by atoms with van der Waals surface area (Å²) in [5.41, 5.74) is 6.67. The minimum atomic E-state index is -0.446. The molecule has 2 heterocycles. The monoisotopic (exact) mass is 251 g/mol. The molecule has 1 amide bonds. The van der Waals surface area contributed by atoms with Crippen LogP contribution < -0.4 is 16.0 Å². The van der Waals surface area contributed by atoms with E-state index in [2.05, 4.69) is 15.3 Å². The van der Waals surface area contributed by atoms with Gasteiger partial charge in [-0.1, -0.05) is 0 Å². The summed E-state index contributed by atoms with van der Waals surface area (Å²) in [5, 5.41) is 7.17. The van der Waals surface area contributed by atoms with Gasteiger partial charge in [-0.05, 0) is 19.8 Å². The van der Waals surface area contributed by atoms with E-state index in [1.165, 1.54) is 0 Å². The van der Waals surface area contributed by atoms with E-state index in [0.29, 0.717) is 0 Å². The minimum Gasteiger partial charge on any atom is -0.367 e. The van der Waals surface area contributed by atoms with Crippen LogP contribution in [0.5, 0.6) is 0 Å². The number of piperidine rings is 1. The summed E-state index contributed by atoms with van der Waals surface area (Å²) >= 11 is 0. The molecule has 0 aliphatic carbocycles. The number of hydrogen-bond donors (Lipinski definition) is 2. The molecular formula is C12H21N5O. The second-order valence-corrected chi connectivity index (χ2v) is 4.95. The maximum absolute atomic E-state index is 11.6. The summed E-state index contributed by atoms with van der Waals surface area (Å²) < 4.78 is 1.79. The van der Waals surface area contributed by atoms with Crippen LogP contribution in [0, 0.1) is 0 Å². The quantitative estimate of drug-likeness (QED) is 0.783. The Morgan fingerprint density at radius 1 is 1.67 bits per heavy atom. The molecule has 0 saturated carbocycles. The van der Waals surface area contributed by atoms with E-state index in [-0.39, 0.29) is 11.9 Å². The molecule has 6 nitrogen and oxygen atoms in total. The molecule has 1 aliphatic rings. The number of carbonyl (C=O) groups is 1. The second kappa shape index (κ2) is 5.39. The maximum atomic E-state index is 11.6. The number of hydrogen-bond acceptors (Lipinski definition) is 4. The Labute approximate surface area is 107 Å². The summed E-state index contributed by atoms with van der Waals surface area (Å²) in [6.07, 6.45) is 5.93. The average Bonchev–Trinajstić information content (AvgIpc) is 2.76. The second-order valence-electron chi connectivity index (χ2n) is 4.95. The van der Waals surface area contributed by atoms with Gasteiger partial charge in [-0.25, -0.2) is 0 Å². The minimum absolute atomic E-state index is 0.0759. The molecule has 18 heavy (non-hydrogen) atoms. The molecule has 1 saturated heterocycles. The van der Waals surface area contributed by atoms with Crippen molar-refractivity contribution in [3.8, 4) is 0 Å². The van der Waals surface area contributed by atoms with E-state index in [0.717, 1.165) is 31.6 Å². The van der Waals surface area contributed by atoms with Gasteiger partial charge < -0.3 is 16.0 Å². The summed E-state index contributed by atoms with van der Waals surface area (Å²) in [5.74, 6) is -0.0759. The van der Waals surface area contributed by atoms with Gasteiger partial charge in [0.2, 0.25) is 5.91 Å². The van der Waals surface area contributed by atoms with Crippen molar-refractivity contribution in [3.05, 3.63) is 12.4 Å². The highest BCUT2D eigenvalue weighted by atomic mass is 16.2. The van der Waals surface area contributed by atoms with E-state index < -0.39 is 6.04 Å². The van der Waals surface area contributed by atoms with Crippen molar-refractivity contribution >= 4 is 11.6 Å². The lowest BCUT2D eigenvalue weighted by molar-refractivity contribution is -0.122. The highest BCUT2D eigenvalue weighted by molar-refractivity contribution is 5.81. The Bertz CT molecular complexity index is 414. The fraction of sp³-hybridized carbons (Fsp3) is 0.667. The molecule has 100 valence electrons. The summed E-state index contributed by atoms with van der Waals surface area (Å²) in [7, 11) is 1.91. The van der Waals surface area contributed by atoms with Crippen LogP contribution in [-0.2, 0) is 11.8 Å². The highest BCUT2D eigenvalue weighted by Crippen LogP contribution is 2.18. The normalized spacial score (nSPS) is 21.7. The molecule has 3 N–H and O–H groups in total. The van der Waals surface area contributed by atoms with Gasteiger partial charge in [0, 0.05) is 32.4 Å². The zero-order valence-electron chi connectivity index (χ0n) is 11.0. The van der Waals surface area contributed by atoms with Crippen LogP contribution in [-0.4, -0.2) is 40.9 Å². The molecule has 2 rings (SSSR count). The van der Waals surface area contributed by atoms with Crippen molar-refractivity contribution < 1.29 is 4.79 Å². The molecule has 2 atom stereocenters. The molecule has 1 aromatic heterocycles. The van der Waals surface area contributed by atoms with Crippen molar-refractivity contribution in [2.45, 2.75) is 31.8 Å². The van der Waals surface area contributed by atoms with Gasteiger partial charge in [0.25, 0.3) is 0 Å². The first-order valence-corrected chi connectivity index (χ1v) is 6.36. The first-order valence-electron chi connectivity index (χ1n) is 6.36. The lowest BCUT2D eigenvalue weighted by Gasteiger charge is -2.34. The zero-order chi connectivity index (χ0) is 13.1. The fourth-order valence-electron chi connectivity index (χ4n) is 2.23. The Balaban J connectivity index is 1.94. The Hall–Kier alpha value is -1.56. The predicted octanol–water partition coefficient (Wildman–Crippen LogP) is -0.148. The standard InChI is InChI=1S/C12H21N5O/c1-9(13)12(18)15-10-4-3-5-17(7-10)11-6-14-16(2)8-11/h6,8-10H,3-5,7,13H2,1-2H3,(H,15,18). The van der Waals surface area contributed by atoms with Crippen molar-refractivity contribution in [2.24, 2.45) is 12.8 Å². The Kier molecular flexibility index (Phi) is 3.86. The predicted molar refractivity (Wildman–Crippen MR) is 70.2 cm³/mol. The van der Waals surface area contributed by atoms with Crippen LogP contribution in [0.1, 0.15) is 19.8 Å². The summed E-state index contributed by atoms with van der Waals surface area (Å²) in [6.45, 7) is 3.54. The van der Waals surface area contributed by atoms with Gasteiger partial charge in [0.15, 0.2) is 0 Å². The molecule has 0 radical (unpaired) electrons. The van der Waals surface area contributed by atoms with Crippen LogP contribution in [0.2, 0.25) is 0 Å². The average molecular weight is 251 g/mol. The molecule has 1 aliphatic heterocycles. The van der Waals surface area contributed by atoms with Gasteiger partial charge in [-0.15, -0.1) is 0 Å². The third-order valence-electron chi connectivity index (χ3n) is 3.24. The maximum Gasteiger partial charge on any atom is 0.236 e. The number of nitrogens with one attached hydrogen (secondary N) is 1. The third-order valence-corrected chi connectivity index (χ3v) is 3.24. The van der Waals surface area contributed by atoms with Gasteiger partial charge in [0.1, 0.15) is 0 Å². The number of aromatic nitrogens is 2. The number of rotatable bonds is 3. The van der Waals surface area contributed by atoms with Crippen LogP contribution in [0.3, 0.4) is 0 Å². The fourth-order valence-corrected chi connectivity index (χ4v) is 2.23. The van der Waals surface area contributed by atoms with Crippen LogP contribution >= 0.6 is 0 Å². The van der Waals surface area contributed by atoms with Crippen LogP contribution in [0.15, 0.2) is 12.4 Å². The first kappa shape index (κ1) is 12.9. The lowest BCUT2D eigenvalue weighted by atomic mass is 10.1. The van der Waals surface area contributed by atoms with E-state index in [9.17, 15) is 4.79 Å². The largest absolute Gasteiger partial charge is 0.367 e. The van der Waals surface area contributed by atoms with Crippen LogP contribution in [0.4, 0.5) is 5.69 Å². The molecule has 6 heteroatoms. The van der Waals surface area contributed by atoms with Crippen LogP contribution in [0.25, 0.3) is 0 Å². The number of amides is 1. The van der Waals surface area contributed by atoms with Crippen molar-refractivity contribution in [1.29, 1.82) is 0 Å². The lowest BCUT2D eigenvalue weighted by Crippen LogP contribution is -2.51. The van der Waals surface area contributed by atoms with Gasteiger partial charge in [-0.3, -0.25) is 9.48 Å². The first-order chi connectivity index (χ1) is 8.56. The van der Waals surface area contributed by atoms with E-state index in [1.807, 2.05) is 19.4 Å². The van der Waals surface area contributed by atoms with Crippen molar-refractivity contribution in [2.75, 3.05) is 18.0 Å². The number of anilines is 1. The Morgan fingerprint density at radius 3 is 3.06 bits per heavy atom. The molecule has 0 aromatic carbocycles. The SMILES string of the molecule is CC(N)C(=O)NC1CCCN(c2cnn(C)c2)C1. The topological polar surface area (TPSA) is 76.2 Å². The van der Waals surface area contributed by atoms with E-state index in [1.54, 1.807) is 11.6 Å². The van der Waals surface area contributed by atoms with Gasteiger partial charge in [0.05, 0.1) is 17.9 Å². The van der Waals surface area contributed by atoms with Gasteiger partial charge >= 0.3 is 0 Å². The Morgan fingerprint density at radius 2 is 2.44 bits per heavy atom. The molecule has 2 unspecified atom stereocenters. The van der Waals surface area contributed by atoms with Crippen molar-refractivity contribution in [3.63, 3.8) is 0 Å². The van der Waals surface area contributed by atoms with E-state index in [4.69, 9.17) is 5.73 Å². The molecule has 1 aromatic rings. The molecule has 1 fully saturated rings. The number of nitrogens with two attached hydrogens (primary N) is 1. The zero-order valence-corrected chi connectivity index (χ0v) is 11.0. The summed E-state index contributed by atoms with van der Waals surface area (Å²) in [6, 6.07) is -0.267. The molecule has 0 bridgehead atoms. The number of aryl methyl sites for hydroxylation is 1. The smallest absolute Gasteiger partial charge is 0.236 e. The number of nitrogens with zero attached hydrogens (tertiary/aromatic N) is 3. The van der Waals surface area contributed by atoms with Crippen molar-refractivity contribution in [1.82, 2.24) is 15.1 Å². The highest BCUT2D eigenvalue weighted by Gasteiger charge is 2.23. The summed E-state index contributed by atoms with van der Waals surface area (Å²) in [4.78, 5) is 13.8.